The quantitative estimate of drug-likeness (QED) is 0.832. The number of hydrogen-bond donors (Lipinski definition) is 1. The predicted molar refractivity (Wildman–Crippen MR) is 83.0 cm³/mol. The second-order valence-electron chi connectivity index (χ2n) is 4.87. The maximum Gasteiger partial charge on any atom is 0.0462 e. The number of fused-ring (bicyclic) bond motifs is 1. The first kappa shape index (κ1) is 13.0. The largest absolute Gasteiger partial charge is 0.398 e. The molecule has 0 bridgehead atoms. The molecule has 0 saturated carbocycles. The van der Waals surface area contributed by atoms with Crippen LogP contribution in [0.25, 0.3) is 0 Å². The van der Waals surface area contributed by atoms with Crippen molar-refractivity contribution in [1.82, 2.24) is 4.90 Å². The van der Waals surface area contributed by atoms with Crippen LogP contribution in [-0.2, 0) is 19.6 Å². The molecule has 4 heteroatoms. The standard InChI is InChI=1S/C15H14BrClN2/c16-12-5-4-11(14(17)6-12)8-19-7-10-2-1-3-15(18)13(10)9-19/h1-6H,7-9,18H2. The second kappa shape index (κ2) is 5.16. The second-order valence-corrected chi connectivity index (χ2v) is 6.19. The van der Waals surface area contributed by atoms with E-state index in [0.29, 0.717) is 0 Å². The molecule has 2 aromatic rings. The third kappa shape index (κ3) is 2.64. The summed E-state index contributed by atoms with van der Waals surface area (Å²) in [6.45, 7) is 2.68. The molecular weight excluding hydrogens is 324 g/mol. The van der Waals surface area contributed by atoms with E-state index in [0.717, 1.165) is 40.4 Å². The molecule has 0 aromatic heterocycles. The van der Waals surface area contributed by atoms with E-state index in [9.17, 15) is 0 Å². The summed E-state index contributed by atoms with van der Waals surface area (Å²) in [6, 6.07) is 12.2. The Morgan fingerprint density at radius 2 is 2.05 bits per heavy atom. The predicted octanol–water partition coefficient (Wildman–Crippen LogP) is 4.20. The maximum absolute atomic E-state index is 6.27. The smallest absolute Gasteiger partial charge is 0.0462 e. The number of halogens is 2. The van der Waals surface area contributed by atoms with Gasteiger partial charge in [-0.05, 0) is 34.9 Å². The Bertz CT molecular complexity index is 628. The lowest BCUT2D eigenvalue weighted by atomic mass is 10.1. The zero-order valence-electron chi connectivity index (χ0n) is 10.4. The van der Waals surface area contributed by atoms with Crippen LogP contribution in [0.1, 0.15) is 16.7 Å². The highest BCUT2D eigenvalue weighted by molar-refractivity contribution is 9.10. The Kier molecular flexibility index (Phi) is 3.52. The van der Waals surface area contributed by atoms with Crippen molar-refractivity contribution in [2.75, 3.05) is 5.73 Å². The molecular formula is C15H14BrClN2. The van der Waals surface area contributed by atoms with Crippen molar-refractivity contribution in [2.24, 2.45) is 0 Å². The summed E-state index contributed by atoms with van der Waals surface area (Å²) in [6.07, 6.45) is 0. The highest BCUT2D eigenvalue weighted by Gasteiger charge is 2.21. The van der Waals surface area contributed by atoms with Crippen LogP contribution in [0.5, 0.6) is 0 Å². The van der Waals surface area contributed by atoms with Gasteiger partial charge < -0.3 is 5.73 Å². The van der Waals surface area contributed by atoms with Gasteiger partial charge in [-0.25, -0.2) is 0 Å². The van der Waals surface area contributed by atoms with Gasteiger partial charge in [-0.2, -0.15) is 0 Å². The maximum atomic E-state index is 6.27. The molecule has 0 saturated heterocycles. The molecule has 1 aliphatic rings. The van der Waals surface area contributed by atoms with Crippen molar-refractivity contribution < 1.29 is 0 Å². The van der Waals surface area contributed by atoms with Crippen molar-refractivity contribution in [3.05, 3.63) is 62.6 Å². The van der Waals surface area contributed by atoms with Crippen LogP contribution in [0.4, 0.5) is 5.69 Å². The Hall–Kier alpha value is -1.03. The molecule has 1 aliphatic heterocycles. The fourth-order valence-corrected chi connectivity index (χ4v) is 3.25. The lowest BCUT2D eigenvalue weighted by molar-refractivity contribution is 0.276. The van der Waals surface area contributed by atoms with Gasteiger partial charge in [0.2, 0.25) is 0 Å². The van der Waals surface area contributed by atoms with Gasteiger partial charge in [-0.3, -0.25) is 4.90 Å². The molecule has 1 heterocycles. The van der Waals surface area contributed by atoms with Crippen LogP contribution in [0.3, 0.4) is 0 Å². The summed E-state index contributed by atoms with van der Waals surface area (Å²) in [4.78, 5) is 2.36. The third-order valence-electron chi connectivity index (χ3n) is 3.49. The topological polar surface area (TPSA) is 29.3 Å². The Morgan fingerprint density at radius 1 is 1.21 bits per heavy atom. The SMILES string of the molecule is Nc1cccc2c1CN(Cc1ccc(Br)cc1Cl)C2. The zero-order valence-corrected chi connectivity index (χ0v) is 12.7. The van der Waals surface area contributed by atoms with Gasteiger partial charge >= 0.3 is 0 Å². The number of rotatable bonds is 2. The van der Waals surface area contributed by atoms with Crippen LogP contribution < -0.4 is 5.73 Å². The fraction of sp³-hybridized carbons (Fsp3) is 0.200. The summed E-state index contributed by atoms with van der Waals surface area (Å²) >= 11 is 9.70. The number of nitrogens with zero attached hydrogens (tertiary/aromatic N) is 1. The van der Waals surface area contributed by atoms with Gasteiger partial charge in [0, 0.05) is 34.8 Å². The minimum Gasteiger partial charge on any atom is -0.398 e. The molecule has 2 N–H and O–H groups in total. The molecule has 0 fully saturated rings. The average molecular weight is 338 g/mol. The molecule has 0 aliphatic carbocycles. The van der Waals surface area contributed by atoms with Crippen LogP contribution in [-0.4, -0.2) is 4.90 Å². The van der Waals surface area contributed by atoms with Crippen molar-refractivity contribution >= 4 is 33.2 Å². The van der Waals surface area contributed by atoms with E-state index >= 15 is 0 Å². The number of nitrogens with two attached hydrogens (primary N) is 1. The monoisotopic (exact) mass is 336 g/mol. The molecule has 2 aromatic carbocycles. The normalized spacial score (nSPS) is 14.6. The van der Waals surface area contributed by atoms with E-state index in [-0.39, 0.29) is 0 Å². The van der Waals surface area contributed by atoms with Crippen LogP contribution in [0.2, 0.25) is 5.02 Å². The number of hydrogen-bond acceptors (Lipinski definition) is 2. The zero-order chi connectivity index (χ0) is 13.4. The molecule has 2 nitrogen and oxygen atoms in total. The van der Waals surface area contributed by atoms with Gasteiger partial charge in [-0.15, -0.1) is 0 Å². The summed E-state index contributed by atoms with van der Waals surface area (Å²) in [7, 11) is 0. The molecule has 0 atom stereocenters. The molecule has 3 rings (SSSR count). The van der Waals surface area contributed by atoms with Gasteiger partial charge in [0.25, 0.3) is 0 Å². The minimum atomic E-state index is 0.804. The number of benzene rings is 2. The minimum absolute atomic E-state index is 0.804. The number of anilines is 1. The van der Waals surface area contributed by atoms with Gasteiger partial charge in [0.15, 0.2) is 0 Å². The van der Waals surface area contributed by atoms with E-state index < -0.39 is 0 Å². The highest BCUT2D eigenvalue weighted by Crippen LogP contribution is 2.30. The van der Waals surface area contributed by atoms with Crippen LogP contribution >= 0.6 is 27.5 Å². The molecule has 0 spiro atoms. The van der Waals surface area contributed by atoms with Crippen molar-refractivity contribution in [1.29, 1.82) is 0 Å². The Labute approximate surface area is 126 Å². The van der Waals surface area contributed by atoms with E-state index in [1.54, 1.807) is 0 Å². The summed E-state index contributed by atoms with van der Waals surface area (Å²) in [5.41, 5.74) is 10.6. The van der Waals surface area contributed by atoms with Crippen LogP contribution in [0.15, 0.2) is 40.9 Å². The number of nitrogen functional groups attached to an aromatic ring is 1. The first-order valence-electron chi connectivity index (χ1n) is 6.16. The Morgan fingerprint density at radius 3 is 2.79 bits per heavy atom. The summed E-state index contributed by atoms with van der Waals surface area (Å²) in [5, 5.41) is 0.804. The molecule has 0 unspecified atom stereocenters. The van der Waals surface area contributed by atoms with Gasteiger partial charge in [0.05, 0.1) is 0 Å². The average Bonchev–Trinajstić information content (AvgIpc) is 2.77. The van der Waals surface area contributed by atoms with E-state index in [4.69, 9.17) is 17.3 Å². The Balaban J connectivity index is 1.79. The lowest BCUT2D eigenvalue weighted by Gasteiger charge is -2.16. The van der Waals surface area contributed by atoms with Crippen molar-refractivity contribution in [3.63, 3.8) is 0 Å². The molecule has 0 amide bonds. The van der Waals surface area contributed by atoms with E-state index in [1.165, 1.54) is 11.1 Å². The van der Waals surface area contributed by atoms with Crippen molar-refractivity contribution in [3.8, 4) is 0 Å². The van der Waals surface area contributed by atoms with E-state index in [2.05, 4.69) is 33.0 Å². The summed E-state index contributed by atoms with van der Waals surface area (Å²) in [5.74, 6) is 0. The first-order valence-corrected chi connectivity index (χ1v) is 7.33. The molecule has 98 valence electrons. The first-order chi connectivity index (χ1) is 9.13. The molecule has 19 heavy (non-hydrogen) atoms. The van der Waals surface area contributed by atoms with Gasteiger partial charge in [0.1, 0.15) is 0 Å². The van der Waals surface area contributed by atoms with E-state index in [1.807, 2.05) is 24.3 Å². The summed E-state index contributed by atoms with van der Waals surface area (Å²) < 4.78 is 1.01. The lowest BCUT2D eigenvalue weighted by Crippen LogP contribution is -2.16. The van der Waals surface area contributed by atoms with Crippen molar-refractivity contribution in [2.45, 2.75) is 19.6 Å². The fourth-order valence-electron chi connectivity index (χ4n) is 2.52. The molecule has 0 radical (unpaired) electrons. The van der Waals surface area contributed by atoms with Gasteiger partial charge in [-0.1, -0.05) is 45.7 Å². The highest BCUT2D eigenvalue weighted by atomic mass is 79.9. The van der Waals surface area contributed by atoms with Crippen LogP contribution in [0, 0.1) is 0 Å². The third-order valence-corrected chi connectivity index (χ3v) is 4.34.